The number of para-hydroxylation sites is 1. The Hall–Kier alpha value is -2.50. The fourth-order valence-electron chi connectivity index (χ4n) is 1.35. The van der Waals surface area contributed by atoms with E-state index in [-0.39, 0.29) is 11.8 Å². The van der Waals surface area contributed by atoms with E-state index in [9.17, 15) is 4.79 Å². The first-order valence-electron chi connectivity index (χ1n) is 5.00. The molecule has 6 nitrogen and oxygen atoms in total. The van der Waals surface area contributed by atoms with Crippen LogP contribution in [0.25, 0.3) is 0 Å². The molecule has 0 saturated heterocycles. The van der Waals surface area contributed by atoms with E-state index in [2.05, 4.69) is 15.6 Å². The Morgan fingerprint density at radius 2 is 2.00 bits per heavy atom. The van der Waals surface area contributed by atoms with Gasteiger partial charge in [-0.15, -0.1) is 0 Å². The largest absolute Gasteiger partial charge is 0.492 e. The third kappa shape index (κ3) is 2.75. The van der Waals surface area contributed by atoms with Crippen molar-refractivity contribution in [2.45, 2.75) is 0 Å². The minimum Gasteiger partial charge on any atom is -0.492 e. The van der Waals surface area contributed by atoms with Crippen LogP contribution in [0.1, 0.15) is 0 Å². The van der Waals surface area contributed by atoms with Crippen molar-refractivity contribution in [2.24, 2.45) is 7.05 Å². The molecule has 0 aliphatic heterocycles. The summed E-state index contributed by atoms with van der Waals surface area (Å²) in [5.41, 5.74) is 0.684. The first-order valence-corrected chi connectivity index (χ1v) is 5.00. The van der Waals surface area contributed by atoms with Gasteiger partial charge in [0.15, 0.2) is 0 Å². The van der Waals surface area contributed by atoms with Crippen LogP contribution in [0.15, 0.2) is 36.5 Å². The van der Waals surface area contributed by atoms with Crippen molar-refractivity contribution in [2.75, 3.05) is 10.6 Å². The lowest BCUT2D eigenvalue weighted by atomic mass is 10.3. The average Bonchev–Trinajstić information content (AvgIpc) is 2.58. The Morgan fingerprint density at radius 3 is 2.59 bits per heavy atom. The van der Waals surface area contributed by atoms with Crippen LogP contribution < -0.4 is 10.6 Å². The minimum atomic E-state index is -0.412. The standard InChI is InChI=1S/C11H12N4O2/c1-15-7-9(16)13-10(15)14-11(17)12-8-5-3-2-4-6-8/h2-7,16H,1H3,(H2,12,13,14,17). The molecule has 17 heavy (non-hydrogen) atoms. The fourth-order valence-corrected chi connectivity index (χ4v) is 1.35. The van der Waals surface area contributed by atoms with E-state index < -0.39 is 6.03 Å². The number of aryl methyl sites for hydroxylation is 1. The number of nitrogens with zero attached hydrogens (tertiary/aromatic N) is 2. The molecule has 0 aliphatic carbocycles. The molecule has 0 fully saturated rings. The number of urea groups is 1. The molecule has 0 unspecified atom stereocenters. The molecule has 0 bridgehead atoms. The molecule has 1 heterocycles. The fraction of sp³-hybridized carbons (Fsp3) is 0.0909. The second kappa shape index (κ2) is 4.56. The highest BCUT2D eigenvalue weighted by molar-refractivity contribution is 5.98. The topological polar surface area (TPSA) is 79.2 Å². The van der Waals surface area contributed by atoms with Crippen LogP contribution in [-0.4, -0.2) is 20.7 Å². The Bertz CT molecular complexity index is 522. The molecule has 1 aromatic heterocycles. The number of imidazole rings is 1. The molecule has 1 aromatic carbocycles. The van der Waals surface area contributed by atoms with Crippen molar-refractivity contribution in [1.29, 1.82) is 0 Å². The van der Waals surface area contributed by atoms with Gasteiger partial charge in [0, 0.05) is 12.7 Å². The number of aromatic nitrogens is 2. The number of benzene rings is 1. The SMILES string of the molecule is Cn1cc(O)nc1NC(=O)Nc1ccccc1. The first kappa shape index (κ1) is 11.0. The number of anilines is 2. The Morgan fingerprint density at radius 1 is 1.29 bits per heavy atom. The minimum absolute atomic E-state index is 0.137. The summed E-state index contributed by atoms with van der Waals surface area (Å²) in [7, 11) is 1.67. The normalized spacial score (nSPS) is 9.94. The lowest BCUT2D eigenvalue weighted by molar-refractivity contribution is 0.262. The maximum Gasteiger partial charge on any atom is 0.326 e. The monoisotopic (exact) mass is 232 g/mol. The van der Waals surface area contributed by atoms with E-state index in [1.165, 1.54) is 10.8 Å². The number of carbonyl (C=O) groups is 1. The summed E-state index contributed by atoms with van der Waals surface area (Å²) in [5, 5.41) is 14.3. The Labute approximate surface area is 97.9 Å². The molecule has 6 heteroatoms. The molecule has 2 amide bonds. The number of carbonyl (C=O) groups excluding carboxylic acids is 1. The summed E-state index contributed by atoms with van der Waals surface area (Å²) >= 11 is 0. The molecule has 0 radical (unpaired) electrons. The van der Waals surface area contributed by atoms with Crippen molar-refractivity contribution in [1.82, 2.24) is 9.55 Å². The summed E-state index contributed by atoms with van der Waals surface area (Å²) in [4.78, 5) is 15.3. The highest BCUT2D eigenvalue weighted by Gasteiger charge is 2.08. The van der Waals surface area contributed by atoms with E-state index in [1.807, 2.05) is 18.2 Å². The summed E-state index contributed by atoms with van der Waals surface area (Å²) in [5.74, 6) is 0.137. The third-order valence-electron chi connectivity index (χ3n) is 2.12. The van der Waals surface area contributed by atoms with E-state index in [0.717, 1.165) is 0 Å². The van der Waals surface area contributed by atoms with Crippen molar-refractivity contribution >= 4 is 17.7 Å². The average molecular weight is 232 g/mol. The molecule has 3 N–H and O–H groups in total. The lowest BCUT2D eigenvalue weighted by Crippen LogP contribution is -2.21. The molecule has 0 aliphatic rings. The zero-order valence-electron chi connectivity index (χ0n) is 9.21. The number of rotatable bonds is 2. The molecule has 2 rings (SSSR count). The smallest absolute Gasteiger partial charge is 0.326 e. The van der Waals surface area contributed by atoms with Crippen LogP contribution in [0.2, 0.25) is 0 Å². The summed E-state index contributed by atoms with van der Waals surface area (Å²) in [6, 6.07) is 8.64. The van der Waals surface area contributed by atoms with Crippen LogP contribution in [0, 0.1) is 0 Å². The predicted molar refractivity (Wildman–Crippen MR) is 64.0 cm³/mol. The van der Waals surface area contributed by atoms with Crippen molar-refractivity contribution in [3.05, 3.63) is 36.5 Å². The number of nitrogens with one attached hydrogen (secondary N) is 2. The van der Waals surface area contributed by atoms with E-state index in [4.69, 9.17) is 5.11 Å². The molecule has 88 valence electrons. The van der Waals surface area contributed by atoms with Gasteiger partial charge in [-0.1, -0.05) is 18.2 Å². The number of hydrogen-bond acceptors (Lipinski definition) is 3. The van der Waals surface area contributed by atoms with Crippen molar-refractivity contribution in [3.63, 3.8) is 0 Å². The van der Waals surface area contributed by atoms with Crippen LogP contribution >= 0.6 is 0 Å². The third-order valence-corrected chi connectivity index (χ3v) is 2.12. The zero-order valence-corrected chi connectivity index (χ0v) is 9.21. The molecule has 0 atom stereocenters. The summed E-state index contributed by atoms with van der Waals surface area (Å²) < 4.78 is 1.51. The maximum atomic E-state index is 11.6. The van der Waals surface area contributed by atoms with Gasteiger partial charge in [0.25, 0.3) is 0 Å². The van der Waals surface area contributed by atoms with Crippen LogP contribution in [-0.2, 0) is 7.05 Å². The van der Waals surface area contributed by atoms with Crippen LogP contribution in [0.5, 0.6) is 5.88 Å². The quantitative estimate of drug-likeness (QED) is 0.738. The van der Waals surface area contributed by atoms with Gasteiger partial charge in [-0.2, -0.15) is 4.98 Å². The highest BCUT2D eigenvalue weighted by atomic mass is 16.3. The lowest BCUT2D eigenvalue weighted by Gasteiger charge is -2.06. The van der Waals surface area contributed by atoms with Crippen LogP contribution in [0.4, 0.5) is 16.4 Å². The maximum absolute atomic E-state index is 11.6. The number of aromatic hydroxyl groups is 1. The van der Waals surface area contributed by atoms with Gasteiger partial charge < -0.3 is 15.0 Å². The Balaban J connectivity index is 2.01. The van der Waals surface area contributed by atoms with Gasteiger partial charge >= 0.3 is 6.03 Å². The molecule has 0 saturated carbocycles. The Kier molecular flexibility index (Phi) is 2.95. The molecular formula is C11H12N4O2. The summed E-state index contributed by atoms with van der Waals surface area (Å²) in [6.07, 6.45) is 1.40. The van der Waals surface area contributed by atoms with E-state index >= 15 is 0 Å². The van der Waals surface area contributed by atoms with Gasteiger partial charge in [0.2, 0.25) is 11.8 Å². The number of hydrogen-bond donors (Lipinski definition) is 3. The second-order valence-electron chi connectivity index (χ2n) is 3.48. The first-order chi connectivity index (χ1) is 8.15. The molecule has 2 aromatic rings. The van der Waals surface area contributed by atoms with Crippen molar-refractivity contribution < 1.29 is 9.90 Å². The number of amides is 2. The van der Waals surface area contributed by atoms with E-state index in [0.29, 0.717) is 5.69 Å². The van der Waals surface area contributed by atoms with Gasteiger partial charge in [-0.25, -0.2) is 4.79 Å². The predicted octanol–water partition coefficient (Wildman–Crippen LogP) is 1.77. The van der Waals surface area contributed by atoms with Gasteiger partial charge in [0.1, 0.15) is 0 Å². The van der Waals surface area contributed by atoms with E-state index in [1.54, 1.807) is 19.2 Å². The zero-order chi connectivity index (χ0) is 12.3. The van der Waals surface area contributed by atoms with Gasteiger partial charge in [0.05, 0.1) is 6.20 Å². The van der Waals surface area contributed by atoms with Gasteiger partial charge in [-0.05, 0) is 12.1 Å². The second-order valence-corrected chi connectivity index (χ2v) is 3.48. The summed E-state index contributed by atoms with van der Waals surface area (Å²) in [6.45, 7) is 0. The van der Waals surface area contributed by atoms with Gasteiger partial charge in [-0.3, -0.25) is 5.32 Å². The molecular weight excluding hydrogens is 220 g/mol. The van der Waals surface area contributed by atoms with Crippen LogP contribution in [0.3, 0.4) is 0 Å². The van der Waals surface area contributed by atoms with Crippen molar-refractivity contribution in [3.8, 4) is 5.88 Å². The highest BCUT2D eigenvalue weighted by Crippen LogP contribution is 2.12. The molecule has 0 spiro atoms.